The van der Waals surface area contributed by atoms with E-state index in [4.69, 9.17) is 9.15 Å². The smallest absolute Gasteiger partial charge is 0.408 e. The Bertz CT molecular complexity index is 727. The minimum atomic E-state index is -0.590. The highest BCUT2D eigenvalue weighted by Crippen LogP contribution is 2.22. The lowest BCUT2D eigenvalue weighted by molar-refractivity contribution is 0.0499. The molecule has 2 rings (SSSR count). The molecule has 1 atom stereocenters. The molecular formula is C14H18N2O4S. The number of thiophene rings is 1. The van der Waals surface area contributed by atoms with Gasteiger partial charge in [-0.2, -0.15) is 0 Å². The Morgan fingerprint density at radius 2 is 2.14 bits per heavy atom. The zero-order valence-corrected chi connectivity index (χ0v) is 13.5. The normalized spacial score (nSPS) is 13.2. The van der Waals surface area contributed by atoms with E-state index in [0.717, 1.165) is 5.56 Å². The molecule has 1 amide bonds. The van der Waals surface area contributed by atoms with Gasteiger partial charge in [-0.05, 0) is 45.6 Å². The maximum atomic E-state index is 12.0. The summed E-state index contributed by atoms with van der Waals surface area (Å²) in [5.41, 5.74) is -0.186. The Morgan fingerprint density at radius 3 is 2.76 bits per heavy atom. The Morgan fingerprint density at radius 1 is 1.48 bits per heavy atom. The topological polar surface area (TPSA) is 81.4 Å². The largest absolute Gasteiger partial charge is 0.444 e. The molecule has 0 fully saturated rings. The van der Waals surface area contributed by atoms with Crippen molar-refractivity contribution in [3.05, 3.63) is 27.3 Å². The van der Waals surface area contributed by atoms with Crippen molar-refractivity contribution in [3.8, 4) is 0 Å². The average Bonchev–Trinajstić information content (AvgIpc) is 2.68. The molecule has 0 bridgehead atoms. The fraction of sp³-hybridized carbons (Fsp3) is 0.500. The van der Waals surface area contributed by atoms with E-state index in [1.54, 1.807) is 27.7 Å². The highest BCUT2D eigenvalue weighted by molar-refractivity contribution is 7.16. The molecule has 1 N–H and O–H groups in total. The van der Waals surface area contributed by atoms with Gasteiger partial charge in [0, 0.05) is 0 Å². The van der Waals surface area contributed by atoms with Crippen LogP contribution in [0.15, 0.2) is 14.6 Å². The van der Waals surface area contributed by atoms with Crippen LogP contribution in [-0.2, 0) is 4.74 Å². The molecule has 0 unspecified atom stereocenters. The second kappa shape index (κ2) is 5.48. The first-order valence-corrected chi connectivity index (χ1v) is 7.43. The van der Waals surface area contributed by atoms with Gasteiger partial charge in [0.2, 0.25) is 5.89 Å². The molecule has 7 heteroatoms. The lowest BCUT2D eigenvalue weighted by atomic mass is 10.2. The van der Waals surface area contributed by atoms with Gasteiger partial charge in [0.05, 0.1) is 5.39 Å². The van der Waals surface area contributed by atoms with Crippen molar-refractivity contribution in [1.29, 1.82) is 0 Å². The number of hydrogen-bond acceptors (Lipinski definition) is 6. The number of carbonyl (C=O) groups is 1. The van der Waals surface area contributed by atoms with E-state index in [9.17, 15) is 9.59 Å². The summed E-state index contributed by atoms with van der Waals surface area (Å²) in [5, 5.41) is 4.95. The van der Waals surface area contributed by atoms with Crippen molar-refractivity contribution < 1.29 is 13.9 Å². The first kappa shape index (κ1) is 15.5. The van der Waals surface area contributed by atoms with Crippen LogP contribution in [0.2, 0.25) is 0 Å². The van der Waals surface area contributed by atoms with Crippen molar-refractivity contribution >= 4 is 27.6 Å². The van der Waals surface area contributed by atoms with Crippen molar-refractivity contribution in [1.82, 2.24) is 10.3 Å². The van der Waals surface area contributed by atoms with Gasteiger partial charge in [-0.1, -0.05) is 0 Å². The summed E-state index contributed by atoms with van der Waals surface area (Å²) in [4.78, 5) is 28.6. The van der Waals surface area contributed by atoms with E-state index in [1.807, 2.05) is 12.3 Å². The molecule has 2 aromatic heterocycles. The fourth-order valence-corrected chi connectivity index (χ4v) is 2.67. The van der Waals surface area contributed by atoms with Gasteiger partial charge in [0.25, 0.3) is 0 Å². The molecule has 0 saturated carbocycles. The quantitative estimate of drug-likeness (QED) is 0.921. The van der Waals surface area contributed by atoms with E-state index in [-0.39, 0.29) is 5.89 Å². The van der Waals surface area contributed by atoms with Crippen LogP contribution in [0.3, 0.4) is 0 Å². The van der Waals surface area contributed by atoms with Crippen LogP contribution in [0, 0.1) is 6.92 Å². The van der Waals surface area contributed by atoms with Crippen LogP contribution in [-0.4, -0.2) is 16.7 Å². The average molecular weight is 310 g/mol. The Hall–Kier alpha value is -1.89. The van der Waals surface area contributed by atoms with Gasteiger partial charge < -0.3 is 14.5 Å². The molecule has 2 heterocycles. The monoisotopic (exact) mass is 310 g/mol. The number of aryl methyl sites for hydroxylation is 1. The molecular weight excluding hydrogens is 292 g/mol. The second-order valence-electron chi connectivity index (χ2n) is 5.81. The van der Waals surface area contributed by atoms with Crippen molar-refractivity contribution in [2.75, 3.05) is 0 Å². The molecule has 21 heavy (non-hydrogen) atoms. The lowest BCUT2D eigenvalue weighted by Crippen LogP contribution is -2.34. The zero-order valence-electron chi connectivity index (χ0n) is 12.6. The third-order valence-electron chi connectivity index (χ3n) is 2.67. The summed E-state index contributed by atoms with van der Waals surface area (Å²) in [5.74, 6) is 0.167. The Labute approximate surface area is 126 Å². The number of carbonyl (C=O) groups excluding carboxylic acids is 1. The lowest BCUT2D eigenvalue weighted by Gasteiger charge is -2.21. The maximum Gasteiger partial charge on any atom is 0.408 e. The molecule has 0 aliphatic heterocycles. The molecule has 0 aliphatic carbocycles. The summed E-state index contributed by atoms with van der Waals surface area (Å²) in [6.45, 7) is 8.84. The first-order valence-electron chi connectivity index (χ1n) is 6.56. The number of nitrogens with zero attached hydrogens (tertiary/aromatic N) is 1. The minimum absolute atomic E-state index is 0.167. The number of nitrogens with one attached hydrogen (secondary N) is 1. The molecule has 0 aromatic carbocycles. The van der Waals surface area contributed by atoms with E-state index in [2.05, 4.69) is 10.3 Å². The number of fused-ring (bicyclic) bond motifs is 1. The van der Waals surface area contributed by atoms with Crippen LogP contribution in [0.5, 0.6) is 0 Å². The number of aromatic nitrogens is 1. The summed E-state index contributed by atoms with van der Waals surface area (Å²) in [6, 6.07) is -0.556. The number of hydrogen-bond donors (Lipinski definition) is 1. The predicted molar refractivity (Wildman–Crippen MR) is 80.7 cm³/mol. The van der Waals surface area contributed by atoms with Crippen molar-refractivity contribution in [2.45, 2.75) is 46.3 Å². The van der Waals surface area contributed by atoms with Gasteiger partial charge in [-0.25, -0.2) is 14.6 Å². The van der Waals surface area contributed by atoms with E-state index in [0.29, 0.717) is 10.2 Å². The maximum absolute atomic E-state index is 12.0. The summed E-state index contributed by atoms with van der Waals surface area (Å²) >= 11 is 1.37. The molecule has 0 saturated heterocycles. The van der Waals surface area contributed by atoms with Gasteiger partial charge >= 0.3 is 11.7 Å². The molecule has 6 nitrogen and oxygen atoms in total. The Kier molecular flexibility index (Phi) is 4.04. The van der Waals surface area contributed by atoms with Gasteiger partial charge in [-0.3, -0.25) is 0 Å². The van der Waals surface area contributed by atoms with Crippen LogP contribution >= 0.6 is 11.3 Å². The highest BCUT2D eigenvalue weighted by atomic mass is 32.1. The number of amides is 1. The second-order valence-corrected chi connectivity index (χ2v) is 6.66. The van der Waals surface area contributed by atoms with Crippen LogP contribution in [0.1, 0.15) is 45.2 Å². The van der Waals surface area contributed by atoms with Crippen molar-refractivity contribution in [2.24, 2.45) is 0 Å². The van der Waals surface area contributed by atoms with Gasteiger partial charge in [-0.15, -0.1) is 11.3 Å². The molecule has 0 aliphatic rings. The van der Waals surface area contributed by atoms with E-state index < -0.39 is 23.4 Å². The van der Waals surface area contributed by atoms with E-state index in [1.165, 1.54) is 11.3 Å². The molecule has 114 valence electrons. The first-order chi connectivity index (χ1) is 9.67. The summed E-state index contributed by atoms with van der Waals surface area (Å²) in [7, 11) is 0. The van der Waals surface area contributed by atoms with Gasteiger partial charge in [0.15, 0.2) is 0 Å². The molecule has 0 radical (unpaired) electrons. The standard InChI is InChI=1S/C14H18N2O4S/c1-7-6-21-11-9(7)12(17)19-10(16-11)8(2)15-13(18)20-14(3,4)5/h6,8H,1-5H3,(H,15,18)/t8-/m0/s1. The van der Waals surface area contributed by atoms with E-state index >= 15 is 0 Å². The van der Waals surface area contributed by atoms with Gasteiger partial charge in [0.1, 0.15) is 16.5 Å². The SMILES string of the molecule is Cc1csc2nc([C@H](C)NC(=O)OC(C)(C)C)oc(=O)c12. The minimum Gasteiger partial charge on any atom is -0.444 e. The highest BCUT2D eigenvalue weighted by Gasteiger charge is 2.21. The summed E-state index contributed by atoms with van der Waals surface area (Å²) < 4.78 is 10.3. The fourth-order valence-electron chi connectivity index (χ4n) is 1.76. The Balaban J connectivity index is 2.22. The number of alkyl carbamates (subject to hydrolysis) is 1. The van der Waals surface area contributed by atoms with Crippen LogP contribution < -0.4 is 10.9 Å². The van der Waals surface area contributed by atoms with Crippen LogP contribution in [0.25, 0.3) is 10.2 Å². The van der Waals surface area contributed by atoms with Crippen LogP contribution in [0.4, 0.5) is 4.79 Å². The molecule has 2 aromatic rings. The molecule has 0 spiro atoms. The summed E-state index contributed by atoms with van der Waals surface area (Å²) in [6.07, 6.45) is -0.582. The zero-order chi connectivity index (χ0) is 15.8. The predicted octanol–water partition coefficient (Wildman–Crippen LogP) is 3.14. The number of rotatable bonds is 2. The number of ether oxygens (including phenoxy) is 1. The third-order valence-corrected chi connectivity index (χ3v) is 3.66. The van der Waals surface area contributed by atoms with Crippen molar-refractivity contribution in [3.63, 3.8) is 0 Å². The third kappa shape index (κ3) is 3.60.